The van der Waals surface area contributed by atoms with Gasteiger partial charge in [-0.25, -0.2) is 0 Å². The molecule has 0 aromatic heterocycles. The van der Waals surface area contributed by atoms with Crippen molar-refractivity contribution < 1.29 is 9.47 Å². The molecular weight excluding hydrogens is 382 g/mol. The van der Waals surface area contributed by atoms with E-state index in [1.54, 1.807) is 13.0 Å². The second-order valence-electron chi connectivity index (χ2n) is 5.87. The number of nitriles is 1. The monoisotopic (exact) mass is 395 g/mol. The summed E-state index contributed by atoms with van der Waals surface area (Å²) in [7, 11) is 0. The number of fused-ring (bicyclic) bond motifs is 1. The molecule has 2 aliphatic heterocycles. The standard InChI is InChI=1S/C19H14BrN3O2/c1-11-9-19(14(10-21)18(22)24-11)23-16-8-13(7-15(20)17(16)25-19)12-5-3-2-4-6-12/h2-9,23H,22H2,1H3/t19-/m0/s1. The highest BCUT2D eigenvalue weighted by atomic mass is 79.9. The summed E-state index contributed by atoms with van der Waals surface area (Å²) in [5.74, 6) is 1.24. The molecule has 0 radical (unpaired) electrons. The molecule has 2 aromatic carbocycles. The third-order valence-electron chi connectivity index (χ3n) is 4.14. The molecule has 0 unspecified atom stereocenters. The van der Waals surface area contributed by atoms with E-state index in [1.807, 2.05) is 42.5 Å². The zero-order chi connectivity index (χ0) is 17.6. The van der Waals surface area contributed by atoms with Crippen LogP contribution in [0.15, 0.2) is 70.2 Å². The minimum absolute atomic E-state index is 0.0437. The Morgan fingerprint density at radius 1 is 1.20 bits per heavy atom. The topological polar surface area (TPSA) is 80.3 Å². The molecule has 4 rings (SSSR count). The van der Waals surface area contributed by atoms with E-state index in [-0.39, 0.29) is 11.5 Å². The van der Waals surface area contributed by atoms with Gasteiger partial charge in [-0.05, 0) is 46.1 Å². The molecule has 2 aliphatic rings. The van der Waals surface area contributed by atoms with Crippen LogP contribution >= 0.6 is 15.9 Å². The highest BCUT2D eigenvalue weighted by molar-refractivity contribution is 9.10. The zero-order valence-electron chi connectivity index (χ0n) is 13.3. The van der Waals surface area contributed by atoms with E-state index in [1.165, 1.54) is 0 Å². The van der Waals surface area contributed by atoms with E-state index in [4.69, 9.17) is 15.2 Å². The molecule has 0 bridgehead atoms. The number of nitrogens with one attached hydrogen (secondary N) is 1. The van der Waals surface area contributed by atoms with Crippen molar-refractivity contribution in [2.45, 2.75) is 12.6 Å². The van der Waals surface area contributed by atoms with Gasteiger partial charge in [0.25, 0.3) is 0 Å². The molecule has 1 spiro atoms. The molecule has 0 amide bonds. The zero-order valence-corrected chi connectivity index (χ0v) is 14.9. The molecule has 1 atom stereocenters. The van der Waals surface area contributed by atoms with E-state index >= 15 is 0 Å². The molecule has 0 fully saturated rings. The van der Waals surface area contributed by atoms with Gasteiger partial charge in [-0.2, -0.15) is 5.26 Å². The summed E-state index contributed by atoms with van der Waals surface area (Å²) in [5, 5.41) is 12.8. The van der Waals surface area contributed by atoms with E-state index in [9.17, 15) is 5.26 Å². The van der Waals surface area contributed by atoms with Gasteiger partial charge < -0.3 is 20.5 Å². The number of anilines is 1. The number of hydrogen-bond acceptors (Lipinski definition) is 5. The molecular formula is C19H14BrN3O2. The fourth-order valence-electron chi connectivity index (χ4n) is 3.09. The van der Waals surface area contributed by atoms with Gasteiger partial charge in [0.1, 0.15) is 11.8 Å². The van der Waals surface area contributed by atoms with Gasteiger partial charge in [-0.15, -0.1) is 0 Å². The van der Waals surface area contributed by atoms with Gasteiger partial charge in [0, 0.05) is 6.08 Å². The molecule has 3 N–H and O–H groups in total. The first-order valence-corrected chi connectivity index (χ1v) is 8.45. The van der Waals surface area contributed by atoms with Gasteiger partial charge in [-0.1, -0.05) is 30.3 Å². The Kier molecular flexibility index (Phi) is 3.48. The Labute approximate surface area is 153 Å². The normalized spacial score (nSPS) is 20.9. The van der Waals surface area contributed by atoms with Crippen molar-refractivity contribution >= 4 is 21.6 Å². The lowest BCUT2D eigenvalue weighted by Crippen LogP contribution is -2.44. The minimum Gasteiger partial charge on any atom is -0.456 e. The summed E-state index contributed by atoms with van der Waals surface area (Å²) in [4.78, 5) is 0. The summed E-state index contributed by atoms with van der Waals surface area (Å²) in [6.07, 6.45) is 1.72. The summed E-state index contributed by atoms with van der Waals surface area (Å²) in [5.41, 5.74) is 7.83. The summed E-state index contributed by atoms with van der Waals surface area (Å²) < 4.78 is 12.3. The quantitative estimate of drug-likeness (QED) is 0.754. The maximum atomic E-state index is 9.53. The van der Waals surface area contributed by atoms with Crippen LogP contribution in [0, 0.1) is 11.3 Å². The lowest BCUT2D eigenvalue weighted by molar-refractivity contribution is 0.174. The molecule has 124 valence electrons. The lowest BCUT2D eigenvalue weighted by Gasteiger charge is -2.30. The number of halogens is 1. The van der Waals surface area contributed by atoms with Crippen molar-refractivity contribution in [1.29, 1.82) is 5.26 Å². The number of benzene rings is 2. The first-order valence-electron chi connectivity index (χ1n) is 7.66. The number of rotatable bonds is 1. The van der Waals surface area contributed by atoms with Gasteiger partial charge in [0.2, 0.25) is 11.6 Å². The molecule has 2 heterocycles. The van der Waals surface area contributed by atoms with Gasteiger partial charge in [0.05, 0.1) is 10.2 Å². The van der Waals surface area contributed by atoms with Crippen LogP contribution in [0.1, 0.15) is 6.92 Å². The summed E-state index contributed by atoms with van der Waals surface area (Å²) in [6, 6.07) is 16.1. The fourth-order valence-corrected chi connectivity index (χ4v) is 3.63. The maximum Gasteiger partial charge on any atom is 0.245 e. The molecule has 5 nitrogen and oxygen atoms in total. The van der Waals surface area contributed by atoms with Crippen LogP contribution in [0.25, 0.3) is 11.1 Å². The first kappa shape index (κ1) is 15.6. The minimum atomic E-state index is -1.15. The molecule has 6 heteroatoms. The molecule has 0 saturated carbocycles. The third-order valence-corrected chi connectivity index (χ3v) is 4.73. The highest BCUT2D eigenvalue weighted by Gasteiger charge is 2.46. The van der Waals surface area contributed by atoms with Crippen molar-refractivity contribution in [3.63, 3.8) is 0 Å². The van der Waals surface area contributed by atoms with Gasteiger partial charge in [0.15, 0.2) is 11.3 Å². The van der Waals surface area contributed by atoms with Crippen molar-refractivity contribution in [1.82, 2.24) is 0 Å². The second kappa shape index (κ2) is 5.57. The van der Waals surface area contributed by atoms with E-state index in [0.717, 1.165) is 21.3 Å². The fraction of sp³-hybridized carbons (Fsp3) is 0.105. The van der Waals surface area contributed by atoms with Gasteiger partial charge >= 0.3 is 0 Å². The number of allylic oxidation sites excluding steroid dienone is 1. The molecule has 0 saturated heterocycles. The predicted molar refractivity (Wildman–Crippen MR) is 98.2 cm³/mol. The van der Waals surface area contributed by atoms with Crippen LogP contribution in [0.2, 0.25) is 0 Å². The number of nitrogens with two attached hydrogens (primary N) is 1. The largest absolute Gasteiger partial charge is 0.456 e. The smallest absolute Gasteiger partial charge is 0.245 e. The van der Waals surface area contributed by atoms with E-state index in [0.29, 0.717) is 11.5 Å². The third kappa shape index (κ3) is 2.44. The van der Waals surface area contributed by atoms with Crippen LogP contribution in [-0.2, 0) is 4.74 Å². The van der Waals surface area contributed by atoms with Gasteiger partial charge in [-0.3, -0.25) is 0 Å². The van der Waals surface area contributed by atoms with Crippen LogP contribution < -0.4 is 15.8 Å². The van der Waals surface area contributed by atoms with Crippen molar-refractivity contribution in [2.24, 2.45) is 5.73 Å². The van der Waals surface area contributed by atoms with E-state index < -0.39 is 5.72 Å². The van der Waals surface area contributed by atoms with Crippen molar-refractivity contribution in [2.75, 3.05) is 5.32 Å². The van der Waals surface area contributed by atoms with Crippen LogP contribution in [0.4, 0.5) is 5.69 Å². The number of hydrogen-bond donors (Lipinski definition) is 2. The summed E-state index contributed by atoms with van der Waals surface area (Å²) >= 11 is 3.57. The Morgan fingerprint density at radius 2 is 1.96 bits per heavy atom. The molecule has 0 aliphatic carbocycles. The molecule has 2 aromatic rings. The Balaban J connectivity index is 1.82. The highest BCUT2D eigenvalue weighted by Crippen LogP contribution is 2.48. The van der Waals surface area contributed by atoms with Crippen LogP contribution in [0.3, 0.4) is 0 Å². The number of nitrogens with zero attached hydrogens (tertiary/aromatic N) is 1. The van der Waals surface area contributed by atoms with Crippen molar-refractivity contribution in [3.8, 4) is 22.9 Å². The molecule has 25 heavy (non-hydrogen) atoms. The van der Waals surface area contributed by atoms with E-state index in [2.05, 4.69) is 27.3 Å². The average molecular weight is 396 g/mol. The van der Waals surface area contributed by atoms with Crippen molar-refractivity contribution in [3.05, 3.63) is 70.2 Å². The predicted octanol–water partition coefficient (Wildman–Crippen LogP) is 4.24. The van der Waals surface area contributed by atoms with Crippen LogP contribution in [-0.4, -0.2) is 5.72 Å². The first-order chi connectivity index (χ1) is 12.0. The Morgan fingerprint density at radius 3 is 2.68 bits per heavy atom. The average Bonchev–Trinajstić information content (AvgIpc) is 2.94. The van der Waals surface area contributed by atoms with Crippen LogP contribution in [0.5, 0.6) is 5.75 Å². The second-order valence-corrected chi connectivity index (χ2v) is 6.73. The number of ether oxygens (including phenoxy) is 2. The Hall–Kier alpha value is -2.91. The lowest BCUT2D eigenvalue weighted by atomic mass is 10.0. The maximum absolute atomic E-state index is 9.53. The SMILES string of the molecule is CC1=C[C@@]2(Nc3cc(-c4ccccc4)cc(Br)c3O2)C(C#N)=C(N)O1. The Bertz CT molecular complexity index is 976. The summed E-state index contributed by atoms with van der Waals surface area (Å²) in [6.45, 7) is 1.77.